The van der Waals surface area contributed by atoms with Crippen LogP contribution in [0.1, 0.15) is 11.4 Å². The molecule has 1 heterocycles. The topological polar surface area (TPSA) is 78.5 Å². The Balaban J connectivity index is 1.98. The van der Waals surface area contributed by atoms with Crippen molar-refractivity contribution in [3.8, 4) is 5.75 Å². The minimum Gasteiger partial charge on any atom is -0.506 e. The quantitative estimate of drug-likeness (QED) is 0.620. The minimum atomic E-state index is -1.45. The predicted molar refractivity (Wildman–Crippen MR) is 81.5 cm³/mol. The molecule has 0 spiro atoms. The molecule has 0 saturated carbocycles. The molecule has 21 heavy (non-hydrogen) atoms. The van der Waals surface area contributed by atoms with Gasteiger partial charge in [-0.15, -0.1) is 0 Å². The van der Waals surface area contributed by atoms with Crippen LogP contribution < -0.4 is 5.46 Å². The van der Waals surface area contributed by atoms with Crippen molar-refractivity contribution >= 4 is 23.6 Å². The molecule has 3 N–H and O–H groups in total. The van der Waals surface area contributed by atoms with Gasteiger partial charge in [-0.05, 0) is 30.1 Å². The van der Waals surface area contributed by atoms with Gasteiger partial charge in [0.25, 0.3) is 0 Å². The van der Waals surface area contributed by atoms with Gasteiger partial charge >= 0.3 is 7.12 Å². The van der Waals surface area contributed by atoms with E-state index in [1.54, 1.807) is 24.3 Å². The second-order valence-corrected chi connectivity index (χ2v) is 5.01. The number of aromatic nitrogens is 2. The molecule has 3 aromatic rings. The third kappa shape index (κ3) is 2.51. The molecule has 0 fully saturated rings. The normalized spacial score (nSPS) is 11.0. The Kier molecular flexibility index (Phi) is 3.41. The molecule has 0 saturated heterocycles. The van der Waals surface area contributed by atoms with Crippen molar-refractivity contribution in [2.24, 2.45) is 0 Å². The molecule has 0 radical (unpaired) electrons. The van der Waals surface area contributed by atoms with E-state index in [0.29, 0.717) is 17.5 Å². The van der Waals surface area contributed by atoms with Gasteiger partial charge in [-0.2, -0.15) is 0 Å². The number of aryl methyl sites for hydroxylation is 1. The number of phenols is 1. The number of benzene rings is 2. The van der Waals surface area contributed by atoms with Gasteiger partial charge in [-0.3, -0.25) is 0 Å². The molecule has 1 aromatic heterocycles. The van der Waals surface area contributed by atoms with Crippen LogP contribution in [0, 0.1) is 6.92 Å². The van der Waals surface area contributed by atoms with Crippen molar-refractivity contribution in [3.05, 3.63) is 53.9 Å². The van der Waals surface area contributed by atoms with Gasteiger partial charge in [0.15, 0.2) is 0 Å². The molecule has 0 unspecified atom stereocenters. The van der Waals surface area contributed by atoms with E-state index in [2.05, 4.69) is 4.98 Å². The summed E-state index contributed by atoms with van der Waals surface area (Å²) >= 11 is 0. The molecule has 0 atom stereocenters. The number of imidazole rings is 1. The molecule has 3 rings (SSSR count). The molecule has 0 aliphatic rings. The monoisotopic (exact) mass is 282 g/mol. The van der Waals surface area contributed by atoms with E-state index in [4.69, 9.17) is 10.0 Å². The SMILES string of the molecule is Cc1nc2c(O)cccc2n1Cc1ccc(B(O)O)cc1. The lowest BCUT2D eigenvalue weighted by Gasteiger charge is -2.08. The molecule has 0 aliphatic carbocycles. The molecule has 0 amide bonds. The fraction of sp³-hybridized carbons (Fsp3) is 0.133. The van der Waals surface area contributed by atoms with Crippen LogP contribution in [0.25, 0.3) is 11.0 Å². The van der Waals surface area contributed by atoms with Crippen LogP contribution in [0.3, 0.4) is 0 Å². The Morgan fingerprint density at radius 2 is 1.81 bits per heavy atom. The predicted octanol–water partition coefficient (Wildman–Crippen LogP) is 0.778. The lowest BCUT2D eigenvalue weighted by molar-refractivity contribution is 0.426. The first-order chi connectivity index (χ1) is 10.1. The highest BCUT2D eigenvalue weighted by Crippen LogP contribution is 2.25. The summed E-state index contributed by atoms with van der Waals surface area (Å²) in [4.78, 5) is 4.39. The molecule has 0 bridgehead atoms. The molecular weight excluding hydrogens is 267 g/mol. The van der Waals surface area contributed by atoms with Gasteiger partial charge < -0.3 is 19.7 Å². The summed E-state index contributed by atoms with van der Waals surface area (Å²) in [6, 6.07) is 12.4. The number of phenolic OH excluding ortho intramolecular Hbond substituents is 1. The van der Waals surface area contributed by atoms with E-state index in [9.17, 15) is 5.11 Å². The van der Waals surface area contributed by atoms with Crippen LogP contribution in [0.2, 0.25) is 0 Å². The van der Waals surface area contributed by atoms with Gasteiger partial charge in [-0.25, -0.2) is 4.98 Å². The lowest BCUT2D eigenvalue weighted by Crippen LogP contribution is -2.29. The summed E-state index contributed by atoms with van der Waals surface area (Å²) < 4.78 is 2.01. The number of para-hydroxylation sites is 1. The van der Waals surface area contributed by atoms with Crippen molar-refractivity contribution in [1.82, 2.24) is 9.55 Å². The number of nitrogens with zero attached hydrogens (tertiary/aromatic N) is 2. The van der Waals surface area contributed by atoms with E-state index in [1.165, 1.54) is 0 Å². The minimum absolute atomic E-state index is 0.174. The third-order valence-corrected chi connectivity index (χ3v) is 3.57. The van der Waals surface area contributed by atoms with E-state index < -0.39 is 7.12 Å². The largest absolute Gasteiger partial charge is 0.506 e. The zero-order valence-corrected chi connectivity index (χ0v) is 11.6. The Bertz CT molecular complexity index is 781. The van der Waals surface area contributed by atoms with E-state index in [0.717, 1.165) is 16.9 Å². The average molecular weight is 282 g/mol. The Morgan fingerprint density at radius 1 is 1.10 bits per heavy atom. The van der Waals surface area contributed by atoms with Crippen molar-refractivity contribution in [2.45, 2.75) is 13.5 Å². The van der Waals surface area contributed by atoms with Crippen LogP contribution in [0.4, 0.5) is 0 Å². The van der Waals surface area contributed by atoms with Gasteiger partial charge in [0.05, 0.1) is 5.52 Å². The van der Waals surface area contributed by atoms with E-state index in [-0.39, 0.29) is 5.75 Å². The molecule has 5 nitrogen and oxygen atoms in total. The fourth-order valence-corrected chi connectivity index (χ4v) is 2.43. The lowest BCUT2D eigenvalue weighted by atomic mass is 9.80. The molecule has 6 heteroatoms. The number of fused-ring (bicyclic) bond motifs is 1. The Morgan fingerprint density at radius 3 is 2.48 bits per heavy atom. The second kappa shape index (κ2) is 5.23. The molecule has 106 valence electrons. The van der Waals surface area contributed by atoms with Gasteiger partial charge in [-0.1, -0.05) is 30.3 Å². The third-order valence-electron chi connectivity index (χ3n) is 3.57. The summed E-state index contributed by atoms with van der Waals surface area (Å²) in [7, 11) is -1.45. The molecular formula is C15H15BN2O3. The van der Waals surface area contributed by atoms with E-state index in [1.807, 2.05) is 29.7 Å². The maximum absolute atomic E-state index is 9.84. The molecule has 2 aromatic carbocycles. The van der Waals surface area contributed by atoms with Crippen LogP contribution in [-0.4, -0.2) is 31.8 Å². The highest BCUT2D eigenvalue weighted by Gasteiger charge is 2.12. The summed E-state index contributed by atoms with van der Waals surface area (Å²) in [6.45, 7) is 2.50. The zero-order valence-electron chi connectivity index (χ0n) is 11.6. The first kappa shape index (κ1) is 13.7. The van der Waals surface area contributed by atoms with Crippen LogP contribution in [0.5, 0.6) is 5.75 Å². The average Bonchev–Trinajstić information content (AvgIpc) is 2.78. The highest BCUT2D eigenvalue weighted by atomic mass is 16.4. The standard InChI is InChI=1S/C15H15BN2O3/c1-10-17-15-13(3-2-4-14(15)19)18(10)9-11-5-7-12(8-6-11)16(20)21/h2-8,19-21H,9H2,1H3. The maximum atomic E-state index is 9.84. The van der Waals surface area contributed by atoms with Crippen molar-refractivity contribution in [1.29, 1.82) is 0 Å². The Labute approximate surface area is 122 Å². The number of rotatable bonds is 3. The van der Waals surface area contributed by atoms with Gasteiger partial charge in [0.1, 0.15) is 17.1 Å². The fourth-order valence-electron chi connectivity index (χ4n) is 2.43. The first-order valence-electron chi connectivity index (χ1n) is 6.66. The maximum Gasteiger partial charge on any atom is 0.488 e. The highest BCUT2D eigenvalue weighted by molar-refractivity contribution is 6.58. The van der Waals surface area contributed by atoms with Gasteiger partial charge in [0.2, 0.25) is 0 Å². The number of hydrogen-bond acceptors (Lipinski definition) is 4. The van der Waals surface area contributed by atoms with Crippen LogP contribution in [-0.2, 0) is 6.54 Å². The van der Waals surface area contributed by atoms with Gasteiger partial charge in [0, 0.05) is 6.54 Å². The van der Waals surface area contributed by atoms with Crippen molar-refractivity contribution in [3.63, 3.8) is 0 Å². The van der Waals surface area contributed by atoms with Crippen LogP contribution in [0.15, 0.2) is 42.5 Å². The molecule has 0 aliphatic heterocycles. The smallest absolute Gasteiger partial charge is 0.488 e. The second-order valence-electron chi connectivity index (χ2n) is 5.01. The zero-order chi connectivity index (χ0) is 15.0. The number of aromatic hydroxyl groups is 1. The van der Waals surface area contributed by atoms with Crippen molar-refractivity contribution in [2.75, 3.05) is 0 Å². The summed E-state index contributed by atoms with van der Waals surface area (Å²) in [5.41, 5.74) is 2.95. The summed E-state index contributed by atoms with van der Waals surface area (Å²) in [6.07, 6.45) is 0. The van der Waals surface area contributed by atoms with Crippen LogP contribution >= 0.6 is 0 Å². The summed E-state index contributed by atoms with van der Waals surface area (Å²) in [5.74, 6) is 0.992. The number of hydrogen-bond donors (Lipinski definition) is 3. The summed E-state index contributed by atoms with van der Waals surface area (Å²) in [5, 5.41) is 28.0. The van der Waals surface area contributed by atoms with Crippen molar-refractivity contribution < 1.29 is 15.2 Å². The van der Waals surface area contributed by atoms with E-state index >= 15 is 0 Å². The first-order valence-corrected chi connectivity index (χ1v) is 6.66. The Hall–Kier alpha value is -2.31.